The molecule has 0 bridgehead atoms. The molecule has 1 aliphatic rings. The molecule has 0 saturated carbocycles. The molecule has 21 heavy (non-hydrogen) atoms. The highest BCUT2D eigenvalue weighted by atomic mass is 16.3. The average Bonchev–Trinajstić information content (AvgIpc) is 2.94. The van der Waals surface area contributed by atoms with Crippen LogP contribution in [0.1, 0.15) is 43.5 Å². The van der Waals surface area contributed by atoms with E-state index >= 15 is 0 Å². The molecule has 1 atom stereocenters. The maximum Gasteiger partial charge on any atom is 0.162 e. The third-order valence-corrected chi connectivity index (χ3v) is 4.22. The number of aromatic nitrogens is 2. The predicted molar refractivity (Wildman–Crippen MR) is 83.8 cm³/mol. The molecular formula is C15H25N5O. The number of aryl methyl sites for hydroxylation is 1. The quantitative estimate of drug-likeness (QED) is 0.538. The average molecular weight is 291 g/mol. The first kappa shape index (κ1) is 15.7. The van der Waals surface area contributed by atoms with E-state index in [2.05, 4.69) is 22.0 Å². The van der Waals surface area contributed by atoms with Gasteiger partial charge in [0.25, 0.3) is 0 Å². The number of nitrogens with zero attached hydrogens (tertiary/aromatic N) is 3. The SMILES string of the molecule is CCc1nnc(N2CCC(CCO)C2)c(C(=N)N)c1CC. The van der Waals surface area contributed by atoms with Crippen molar-refractivity contribution in [2.45, 2.75) is 39.5 Å². The third kappa shape index (κ3) is 3.15. The van der Waals surface area contributed by atoms with Crippen LogP contribution in [0.25, 0.3) is 0 Å². The normalized spacial score (nSPS) is 18.2. The number of nitrogen functional groups attached to an aromatic ring is 1. The Balaban J connectivity index is 2.38. The first-order valence-corrected chi connectivity index (χ1v) is 7.70. The molecule has 1 fully saturated rings. The van der Waals surface area contributed by atoms with E-state index in [1.807, 2.05) is 6.92 Å². The fraction of sp³-hybridized carbons (Fsp3) is 0.667. The summed E-state index contributed by atoms with van der Waals surface area (Å²) in [5.74, 6) is 1.28. The van der Waals surface area contributed by atoms with E-state index in [1.165, 1.54) is 0 Å². The molecule has 2 heterocycles. The number of anilines is 1. The second-order valence-corrected chi connectivity index (χ2v) is 5.56. The molecule has 0 amide bonds. The molecule has 1 unspecified atom stereocenters. The highest BCUT2D eigenvalue weighted by Gasteiger charge is 2.27. The fourth-order valence-corrected chi connectivity index (χ4v) is 3.11. The van der Waals surface area contributed by atoms with Crippen molar-refractivity contribution >= 4 is 11.7 Å². The highest BCUT2D eigenvalue weighted by Crippen LogP contribution is 2.29. The van der Waals surface area contributed by atoms with E-state index in [0.29, 0.717) is 5.92 Å². The number of hydrogen-bond acceptors (Lipinski definition) is 5. The molecule has 2 rings (SSSR count). The summed E-state index contributed by atoms with van der Waals surface area (Å²) in [5, 5.41) is 25.7. The van der Waals surface area contributed by atoms with Gasteiger partial charge in [0.05, 0.1) is 11.3 Å². The molecule has 1 aromatic heterocycles. The maximum atomic E-state index is 9.08. The van der Waals surface area contributed by atoms with E-state index in [0.717, 1.165) is 61.4 Å². The van der Waals surface area contributed by atoms with Gasteiger partial charge in [-0.1, -0.05) is 13.8 Å². The minimum Gasteiger partial charge on any atom is -0.396 e. The van der Waals surface area contributed by atoms with Gasteiger partial charge >= 0.3 is 0 Å². The van der Waals surface area contributed by atoms with Crippen LogP contribution in [0.15, 0.2) is 0 Å². The monoisotopic (exact) mass is 291 g/mol. The summed E-state index contributed by atoms with van der Waals surface area (Å²) >= 11 is 0. The van der Waals surface area contributed by atoms with Crippen LogP contribution < -0.4 is 10.6 Å². The number of rotatable bonds is 6. The summed E-state index contributed by atoms with van der Waals surface area (Å²) < 4.78 is 0. The zero-order valence-electron chi connectivity index (χ0n) is 12.9. The lowest BCUT2D eigenvalue weighted by Crippen LogP contribution is -2.28. The van der Waals surface area contributed by atoms with Crippen LogP contribution in [0.3, 0.4) is 0 Å². The van der Waals surface area contributed by atoms with E-state index < -0.39 is 0 Å². The number of nitrogens with one attached hydrogen (secondary N) is 1. The Morgan fingerprint density at radius 2 is 2.14 bits per heavy atom. The van der Waals surface area contributed by atoms with Crippen molar-refractivity contribution in [3.63, 3.8) is 0 Å². The summed E-state index contributed by atoms with van der Waals surface area (Å²) in [6, 6.07) is 0. The first-order chi connectivity index (χ1) is 10.1. The van der Waals surface area contributed by atoms with E-state index in [4.69, 9.17) is 16.2 Å². The van der Waals surface area contributed by atoms with Crippen LogP contribution in [0, 0.1) is 11.3 Å². The van der Waals surface area contributed by atoms with Gasteiger partial charge in [-0.25, -0.2) is 0 Å². The topological polar surface area (TPSA) is 99.1 Å². The van der Waals surface area contributed by atoms with Crippen molar-refractivity contribution in [3.8, 4) is 0 Å². The molecule has 1 aromatic rings. The lowest BCUT2D eigenvalue weighted by atomic mass is 10.0. The standard InChI is InChI=1S/C15H25N5O/c1-3-11-12(4-2)18-19-15(13(11)14(16)17)20-7-5-10(9-20)6-8-21/h10,21H,3-9H2,1-2H3,(H3,16,17). The molecule has 1 aliphatic heterocycles. The highest BCUT2D eigenvalue weighted by molar-refractivity contribution is 6.01. The minimum atomic E-state index is 0.0667. The van der Waals surface area contributed by atoms with Gasteiger partial charge in [-0.3, -0.25) is 5.41 Å². The molecule has 6 heteroatoms. The number of aliphatic hydroxyl groups excluding tert-OH is 1. The zero-order chi connectivity index (χ0) is 15.4. The summed E-state index contributed by atoms with van der Waals surface area (Å²) in [7, 11) is 0. The Morgan fingerprint density at radius 1 is 1.38 bits per heavy atom. The summed E-state index contributed by atoms with van der Waals surface area (Å²) in [6.45, 7) is 6.06. The lowest BCUT2D eigenvalue weighted by molar-refractivity contribution is 0.263. The summed E-state index contributed by atoms with van der Waals surface area (Å²) in [6.07, 6.45) is 3.45. The van der Waals surface area contributed by atoms with E-state index in [1.54, 1.807) is 0 Å². The maximum absolute atomic E-state index is 9.08. The summed E-state index contributed by atoms with van der Waals surface area (Å²) in [4.78, 5) is 2.16. The van der Waals surface area contributed by atoms with E-state index in [-0.39, 0.29) is 12.4 Å². The molecule has 4 N–H and O–H groups in total. The summed E-state index contributed by atoms with van der Waals surface area (Å²) in [5.41, 5.74) is 8.54. The number of amidine groups is 1. The van der Waals surface area contributed by atoms with Crippen LogP contribution in [-0.4, -0.2) is 40.8 Å². The number of hydrogen-bond donors (Lipinski definition) is 3. The van der Waals surface area contributed by atoms with Gasteiger partial charge < -0.3 is 15.7 Å². The molecule has 0 aliphatic carbocycles. The Kier molecular flexibility index (Phi) is 5.12. The van der Waals surface area contributed by atoms with Crippen LogP contribution >= 0.6 is 0 Å². The second kappa shape index (κ2) is 6.85. The van der Waals surface area contributed by atoms with Gasteiger partial charge in [0.15, 0.2) is 5.82 Å². The Bertz CT molecular complexity index is 517. The molecule has 0 spiro atoms. The Labute approximate surface area is 125 Å². The van der Waals surface area contributed by atoms with Crippen molar-refractivity contribution < 1.29 is 5.11 Å². The molecule has 1 saturated heterocycles. The van der Waals surface area contributed by atoms with Gasteiger partial charge in [0, 0.05) is 19.7 Å². The minimum absolute atomic E-state index is 0.0667. The number of nitrogens with two attached hydrogens (primary N) is 1. The molecular weight excluding hydrogens is 266 g/mol. The van der Waals surface area contributed by atoms with Crippen molar-refractivity contribution in [2.24, 2.45) is 11.7 Å². The van der Waals surface area contributed by atoms with Crippen LogP contribution in [-0.2, 0) is 12.8 Å². The van der Waals surface area contributed by atoms with Crippen molar-refractivity contribution in [1.82, 2.24) is 10.2 Å². The first-order valence-electron chi connectivity index (χ1n) is 7.70. The fourth-order valence-electron chi connectivity index (χ4n) is 3.11. The van der Waals surface area contributed by atoms with Crippen molar-refractivity contribution in [1.29, 1.82) is 5.41 Å². The van der Waals surface area contributed by atoms with Crippen molar-refractivity contribution in [3.05, 3.63) is 16.8 Å². The van der Waals surface area contributed by atoms with Crippen LogP contribution in [0.5, 0.6) is 0 Å². The Hall–Kier alpha value is -1.69. The van der Waals surface area contributed by atoms with E-state index in [9.17, 15) is 0 Å². The molecule has 0 aromatic carbocycles. The number of aliphatic hydroxyl groups is 1. The second-order valence-electron chi connectivity index (χ2n) is 5.56. The smallest absolute Gasteiger partial charge is 0.162 e. The third-order valence-electron chi connectivity index (χ3n) is 4.22. The van der Waals surface area contributed by atoms with Gasteiger partial charge in [-0.2, -0.15) is 5.10 Å². The van der Waals surface area contributed by atoms with Crippen LogP contribution in [0.4, 0.5) is 5.82 Å². The zero-order valence-corrected chi connectivity index (χ0v) is 12.9. The van der Waals surface area contributed by atoms with Gasteiger partial charge in [-0.15, -0.1) is 5.10 Å². The van der Waals surface area contributed by atoms with Gasteiger partial charge in [0.1, 0.15) is 5.84 Å². The lowest BCUT2D eigenvalue weighted by Gasteiger charge is -2.22. The Morgan fingerprint density at radius 3 is 2.71 bits per heavy atom. The molecule has 0 radical (unpaired) electrons. The molecule has 116 valence electrons. The van der Waals surface area contributed by atoms with Gasteiger partial charge in [0.2, 0.25) is 0 Å². The molecule has 6 nitrogen and oxygen atoms in total. The van der Waals surface area contributed by atoms with Gasteiger partial charge in [-0.05, 0) is 37.2 Å². The van der Waals surface area contributed by atoms with Crippen molar-refractivity contribution in [2.75, 3.05) is 24.6 Å². The largest absolute Gasteiger partial charge is 0.396 e. The predicted octanol–water partition coefficient (Wildman–Crippen LogP) is 1.09. The van der Waals surface area contributed by atoms with Crippen LogP contribution in [0.2, 0.25) is 0 Å².